The summed E-state index contributed by atoms with van der Waals surface area (Å²) in [6.07, 6.45) is 7.08. The highest BCUT2D eigenvalue weighted by Gasteiger charge is 2.17. The molecule has 1 aliphatic carbocycles. The number of hydrogen-bond acceptors (Lipinski definition) is 6. The minimum absolute atomic E-state index is 0.118. The molecule has 38 heavy (non-hydrogen) atoms. The second-order valence-corrected chi connectivity index (χ2v) is 10.8. The first-order valence-electron chi connectivity index (χ1n) is 13.1. The van der Waals surface area contributed by atoms with Crippen molar-refractivity contribution in [2.75, 3.05) is 0 Å². The van der Waals surface area contributed by atoms with Crippen LogP contribution in [0.4, 0.5) is 0 Å². The van der Waals surface area contributed by atoms with Crippen molar-refractivity contribution in [2.45, 2.75) is 56.1 Å². The Kier molecular flexibility index (Phi) is 8.39. The molecule has 194 valence electrons. The van der Waals surface area contributed by atoms with Gasteiger partial charge in [0.2, 0.25) is 5.78 Å². The third-order valence-electron chi connectivity index (χ3n) is 7.01. The molecule has 0 atom stereocenters. The highest BCUT2D eigenvalue weighted by atomic mass is 32.2. The predicted octanol–water partition coefficient (Wildman–Crippen LogP) is 8.19. The van der Waals surface area contributed by atoms with E-state index in [1.807, 2.05) is 48.5 Å². The molecule has 1 aliphatic rings. The molecule has 1 heterocycles. The first-order valence-corrected chi connectivity index (χ1v) is 14.1. The summed E-state index contributed by atoms with van der Waals surface area (Å²) in [4.78, 5) is 30.3. The highest BCUT2D eigenvalue weighted by molar-refractivity contribution is 7.98. The smallest absolute Gasteiger partial charge is 0.331 e. The summed E-state index contributed by atoms with van der Waals surface area (Å²) in [5.41, 5.74) is 4.33. The molecule has 0 spiro atoms. The standard InChI is InChI=1S/C32H31NO4S/c1-22(34)37-33-29(19-12-23-6-2-3-7-23)25-13-10-24(11-14-25)21-38-28-17-15-26(16-18-28)32(35)31-20-27-8-4-5-9-30(27)36-31/h4-5,8-11,13-18,20,23H,2-3,6-7,12,19,21H2,1H3. The summed E-state index contributed by atoms with van der Waals surface area (Å²) in [6, 6.07) is 25.4. The number of fused-ring (bicyclic) bond motifs is 1. The summed E-state index contributed by atoms with van der Waals surface area (Å²) < 4.78 is 5.73. The number of carbonyl (C=O) groups is 2. The van der Waals surface area contributed by atoms with Gasteiger partial charge < -0.3 is 9.25 Å². The van der Waals surface area contributed by atoms with Gasteiger partial charge in [0.05, 0.1) is 5.71 Å². The monoisotopic (exact) mass is 525 g/mol. The van der Waals surface area contributed by atoms with Crippen LogP contribution in [-0.2, 0) is 15.4 Å². The highest BCUT2D eigenvalue weighted by Crippen LogP contribution is 2.30. The second-order valence-electron chi connectivity index (χ2n) is 9.80. The molecule has 4 aromatic rings. The number of carbonyl (C=O) groups excluding carboxylic acids is 2. The number of ketones is 1. The second kappa shape index (κ2) is 12.3. The van der Waals surface area contributed by atoms with Crippen molar-refractivity contribution in [3.63, 3.8) is 0 Å². The maximum atomic E-state index is 12.9. The maximum absolute atomic E-state index is 12.9. The van der Waals surface area contributed by atoms with E-state index in [-0.39, 0.29) is 5.78 Å². The predicted molar refractivity (Wildman–Crippen MR) is 152 cm³/mol. The van der Waals surface area contributed by atoms with Gasteiger partial charge in [0.25, 0.3) is 0 Å². The van der Waals surface area contributed by atoms with Gasteiger partial charge in [0.15, 0.2) is 5.76 Å². The Bertz CT molecular complexity index is 1400. The zero-order valence-corrected chi connectivity index (χ0v) is 22.3. The first-order chi connectivity index (χ1) is 18.5. The summed E-state index contributed by atoms with van der Waals surface area (Å²) in [7, 11) is 0. The summed E-state index contributed by atoms with van der Waals surface area (Å²) in [6.45, 7) is 1.37. The fourth-order valence-corrected chi connectivity index (χ4v) is 5.75. The van der Waals surface area contributed by atoms with Crippen LogP contribution in [0.5, 0.6) is 0 Å². The number of para-hydroxylation sites is 1. The lowest BCUT2D eigenvalue weighted by molar-refractivity contribution is -0.140. The molecule has 0 bridgehead atoms. The SMILES string of the molecule is CC(=O)ON=C(CCC1CCCC1)c1ccc(CSc2ccc(C(=O)c3cc4ccccc4o3)cc2)cc1. The molecular formula is C32H31NO4S. The van der Waals surface area contributed by atoms with Crippen LogP contribution in [0.3, 0.4) is 0 Å². The average Bonchev–Trinajstić information content (AvgIpc) is 3.62. The Labute approximate surface area is 227 Å². The number of hydrogen-bond donors (Lipinski definition) is 0. The molecule has 0 aliphatic heterocycles. The zero-order valence-electron chi connectivity index (χ0n) is 21.5. The van der Waals surface area contributed by atoms with Crippen molar-refractivity contribution < 1.29 is 18.8 Å². The van der Waals surface area contributed by atoms with Crippen LogP contribution in [0.25, 0.3) is 11.0 Å². The fraction of sp³-hybridized carbons (Fsp3) is 0.281. The molecular weight excluding hydrogens is 494 g/mol. The van der Waals surface area contributed by atoms with Crippen LogP contribution in [0, 0.1) is 5.92 Å². The van der Waals surface area contributed by atoms with E-state index in [4.69, 9.17) is 9.25 Å². The van der Waals surface area contributed by atoms with Crippen LogP contribution in [0.15, 0.2) is 93.3 Å². The topological polar surface area (TPSA) is 68.9 Å². The number of nitrogens with zero attached hydrogens (tertiary/aromatic N) is 1. The fourth-order valence-electron chi connectivity index (χ4n) is 4.90. The zero-order chi connectivity index (χ0) is 26.3. The molecule has 0 radical (unpaired) electrons. The molecule has 1 fully saturated rings. The van der Waals surface area contributed by atoms with Crippen LogP contribution in [0.1, 0.15) is 72.7 Å². The van der Waals surface area contributed by atoms with Crippen molar-refractivity contribution in [1.82, 2.24) is 0 Å². The lowest BCUT2D eigenvalue weighted by Crippen LogP contribution is -2.07. The molecule has 5 rings (SSSR count). The molecule has 5 nitrogen and oxygen atoms in total. The van der Waals surface area contributed by atoms with Gasteiger partial charge in [-0.1, -0.05) is 73.3 Å². The van der Waals surface area contributed by atoms with Gasteiger partial charge in [0, 0.05) is 28.5 Å². The van der Waals surface area contributed by atoms with E-state index in [2.05, 4.69) is 29.4 Å². The molecule has 1 saturated carbocycles. The number of rotatable bonds is 10. The van der Waals surface area contributed by atoms with Gasteiger partial charge >= 0.3 is 5.97 Å². The average molecular weight is 526 g/mol. The Morgan fingerprint density at radius 1 is 0.947 bits per heavy atom. The van der Waals surface area contributed by atoms with Crippen molar-refractivity contribution >= 4 is 40.2 Å². The molecule has 0 saturated heterocycles. The van der Waals surface area contributed by atoms with Crippen molar-refractivity contribution in [1.29, 1.82) is 0 Å². The summed E-state index contributed by atoms with van der Waals surface area (Å²) in [5.74, 6) is 1.38. The van der Waals surface area contributed by atoms with Gasteiger partial charge in [-0.15, -0.1) is 11.8 Å². The number of thioether (sulfide) groups is 1. The largest absolute Gasteiger partial charge is 0.453 e. The van der Waals surface area contributed by atoms with E-state index in [9.17, 15) is 9.59 Å². The Balaban J connectivity index is 1.18. The van der Waals surface area contributed by atoms with E-state index >= 15 is 0 Å². The number of oxime groups is 1. The molecule has 3 aromatic carbocycles. The molecule has 6 heteroatoms. The van der Waals surface area contributed by atoms with Gasteiger partial charge in [0.1, 0.15) is 5.58 Å². The van der Waals surface area contributed by atoms with Crippen LogP contribution in [-0.4, -0.2) is 17.5 Å². The Morgan fingerprint density at radius 2 is 1.66 bits per heavy atom. The van der Waals surface area contributed by atoms with Crippen LogP contribution in [0.2, 0.25) is 0 Å². The quantitative estimate of drug-likeness (QED) is 0.0686. The van der Waals surface area contributed by atoms with Crippen molar-refractivity contribution in [2.24, 2.45) is 11.1 Å². The van der Waals surface area contributed by atoms with Gasteiger partial charge in [-0.2, -0.15) is 0 Å². The van der Waals surface area contributed by atoms with Crippen molar-refractivity contribution in [3.05, 3.63) is 101 Å². The third-order valence-corrected chi connectivity index (χ3v) is 8.09. The van der Waals surface area contributed by atoms with E-state index in [0.29, 0.717) is 16.9 Å². The minimum atomic E-state index is -0.401. The first kappa shape index (κ1) is 26.0. The van der Waals surface area contributed by atoms with Crippen LogP contribution < -0.4 is 0 Å². The van der Waals surface area contributed by atoms with E-state index in [1.54, 1.807) is 17.8 Å². The van der Waals surface area contributed by atoms with Gasteiger partial charge in [-0.05, 0) is 66.3 Å². The lowest BCUT2D eigenvalue weighted by Gasteiger charge is -2.11. The van der Waals surface area contributed by atoms with Gasteiger partial charge in [-0.25, -0.2) is 4.79 Å². The van der Waals surface area contributed by atoms with E-state index < -0.39 is 5.97 Å². The van der Waals surface area contributed by atoms with E-state index in [1.165, 1.54) is 38.2 Å². The molecule has 0 N–H and O–H groups in total. The Morgan fingerprint density at radius 3 is 2.37 bits per heavy atom. The molecule has 0 amide bonds. The number of furan rings is 1. The normalized spacial score (nSPS) is 14.2. The summed E-state index contributed by atoms with van der Waals surface area (Å²) >= 11 is 1.71. The lowest BCUT2D eigenvalue weighted by atomic mass is 9.96. The molecule has 1 aromatic heterocycles. The number of benzene rings is 3. The molecule has 0 unspecified atom stereocenters. The van der Waals surface area contributed by atoms with Crippen molar-refractivity contribution in [3.8, 4) is 0 Å². The van der Waals surface area contributed by atoms with Gasteiger partial charge in [-0.3, -0.25) is 4.79 Å². The third kappa shape index (κ3) is 6.62. The Hall–Kier alpha value is -3.64. The van der Waals surface area contributed by atoms with Crippen LogP contribution >= 0.6 is 11.8 Å². The summed E-state index contributed by atoms with van der Waals surface area (Å²) in [5, 5.41) is 5.09. The minimum Gasteiger partial charge on any atom is -0.453 e. The maximum Gasteiger partial charge on any atom is 0.331 e. The van der Waals surface area contributed by atoms with E-state index in [0.717, 1.165) is 46.1 Å².